The third-order valence-electron chi connectivity index (χ3n) is 5.95. The fraction of sp³-hybridized carbons (Fsp3) is 0.107. The first kappa shape index (κ1) is 24.7. The molecule has 186 valence electrons. The van der Waals surface area contributed by atoms with Crippen LogP contribution in [0, 0.1) is 6.92 Å². The van der Waals surface area contributed by atoms with Gasteiger partial charge in [-0.05, 0) is 78.2 Å². The second-order valence-electron chi connectivity index (χ2n) is 8.60. The lowest BCUT2D eigenvalue weighted by atomic mass is 10.1. The molecule has 0 aliphatic rings. The highest BCUT2D eigenvalue weighted by Gasteiger charge is 2.10. The van der Waals surface area contributed by atoms with Crippen molar-refractivity contribution < 1.29 is 9.00 Å². The number of nitrogens with one attached hydrogen (secondary N) is 2. The summed E-state index contributed by atoms with van der Waals surface area (Å²) in [5.41, 5.74) is 5.99. The van der Waals surface area contributed by atoms with Crippen molar-refractivity contribution >= 4 is 45.6 Å². The van der Waals surface area contributed by atoms with E-state index in [0.29, 0.717) is 28.7 Å². The molecule has 2 heterocycles. The molecular formula is C28H24ClN5O2S. The van der Waals surface area contributed by atoms with Gasteiger partial charge < -0.3 is 10.6 Å². The van der Waals surface area contributed by atoms with Crippen LogP contribution in [0.5, 0.6) is 0 Å². The summed E-state index contributed by atoms with van der Waals surface area (Å²) >= 11 is 5.91. The molecule has 0 unspecified atom stereocenters. The summed E-state index contributed by atoms with van der Waals surface area (Å²) in [6, 6.07) is 24.3. The van der Waals surface area contributed by atoms with Gasteiger partial charge in [-0.15, -0.1) is 5.10 Å². The normalized spacial score (nSPS) is 11.9. The average Bonchev–Trinajstić information content (AvgIpc) is 3.31. The molecule has 7 nitrogen and oxygen atoms in total. The van der Waals surface area contributed by atoms with Gasteiger partial charge in [-0.3, -0.25) is 9.00 Å². The average molecular weight is 530 g/mol. The molecule has 0 spiro atoms. The smallest absolute Gasteiger partial charge is 0.251 e. The molecule has 1 atom stereocenters. The van der Waals surface area contributed by atoms with E-state index in [9.17, 15) is 9.00 Å². The largest absolute Gasteiger partial charge is 0.348 e. The first-order valence-corrected chi connectivity index (χ1v) is 13.5. The zero-order valence-corrected chi connectivity index (χ0v) is 21.8. The summed E-state index contributed by atoms with van der Waals surface area (Å²) in [6.45, 7) is 2.38. The number of nitrogens with zero attached hydrogens (tertiary/aromatic N) is 3. The molecule has 2 aromatic heterocycles. The summed E-state index contributed by atoms with van der Waals surface area (Å²) in [5, 5.41) is 11.4. The molecule has 1 amide bonds. The van der Waals surface area contributed by atoms with Gasteiger partial charge in [0.15, 0.2) is 5.65 Å². The molecule has 9 heteroatoms. The van der Waals surface area contributed by atoms with Crippen LogP contribution in [0.3, 0.4) is 0 Å². The van der Waals surface area contributed by atoms with E-state index in [1.807, 2.05) is 67.7 Å². The molecule has 0 aliphatic heterocycles. The van der Waals surface area contributed by atoms with Crippen LogP contribution in [0.25, 0.3) is 16.8 Å². The van der Waals surface area contributed by atoms with Crippen LogP contribution in [0.4, 0.5) is 11.6 Å². The van der Waals surface area contributed by atoms with Crippen LogP contribution < -0.4 is 10.6 Å². The van der Waals surface area contributed by atoms with Crippen molar-refractivity contribution in [3.05, 3.63) is 107 Å². The molecule has 0 fully saturated rings. The van der Waals surface area contributed by atoms with Crippen LogP contribution >= 0.6 is 11.6 Å². The zero-order valence-electron chi connectivity index (χ0n) is 20.2. The highest BCUT2D eigenvalue weighted by molar-refractivity contribution is 7.84. The fourth-order valence-corrected chi connectivity index (χ4v) is 4.61. The monoisotopic (exact) mass is 529 g/mol. The highest BCUT2D eigenvalue weighted by Crippen LogP contribution is 2.24. The first-order chi connectivity index (χ1) is 17.9. The van der Waals surface area contributed by atoms with Gasteiger partial charge in [0, 0.05) is 56.5 Å². The summed E-state index contributed by atoms with van der Waals surface area (Å²) in [6.07, 6.45) is 3.56. The maximum absolute atomic E-state index is 12.6. The zero-order chi connectivity index (χ0) is 25.9. The number of carbonyl (C=O) groups is 1. The van der Waals surface area contributed by atoms with Gasteiger partial charge in [0.1, 0.15) is 0 Å². The molecule has 5 rings (SSSR count). The van der Waals surface area contributed by atoms with Gasteiger partial charge >= 0.3 is 0 Å². The van der Waals surface area contributed by atoms with Gasteiger partial charge in [0.25, 0.3) is 5.91 Å². The van der Waals surface area contributed by atoms with Crippen LogP contribution in [0.1, 0.15) is 21.5 Å². The summed E-state index contributed by atoms with van der Waals surface area (Å²) in [7, 11) is -1.03. The number of carbonyl (C=O) groups excluding carboxylic acids is 1. The third-order valence-corrected chi connectivity index (χ3v) is 7.12. The van der Waals surface area contributed by atoms with E-state index in [2.05, 4.69) is 20.7 Å². The van der Waals surface area contributed by atoms with Crippen molar-refractivity contribution in [3.63, 3.8) is 0 Å². The second-order valence-corrected chi connectivity index (χ2v) is 10.4. The van der Waals surface area contributed by atoms with Gasteiger partial charge in [0.05, 0.1) is 0 Å². The Morgan fingerprint density at radius 2 is 1.70 bits per heavy atom. The number of amides is 1. The molecule has 5 aromatic rings. The Hall–Kier alpha value is -4.01. The first-order valence-electron chi connectivity index (χ1n) is 11.6. The number of anilines is 2. The van der Waals surface area contributed by atoms with Crippen LogP contribution in [0.15, 0.2) is 90.0 Å². The van der Waals surface area contributed by atoms with Crippen LogP contribution in [-0.4, -0.2) is 31.0 Å². The molecule has 0 saturated carbocycles. The van der Waals surface area contributed by atoms with Crippen LogP contribution in [-0.2, 0) is 17.3 Å². The van der Waals surface area contributed by atoms with E-state index in [-0.39, 0.29) is 5.91 Å². The van der Waals surface area contributed by atoms with Gasteiger partial charge in [-0.2, -0.15) is 4.98 Å². The lowest BCUT2D eigenvalue weighted by molar-refractivity contribution is 0.0951. The molecule has 3 aromatic carbocycles. The van der Waals surface area contributed by atoms with Crippen molar-refractivity contribution in [1.82, 2.24) is 19.9 Å². The number of pyridine rings is 1. The Morgan fingerprint density at radius 1 is 0.973 bits per heavy atom. The van der Waals surface area contributed by atoms with Gasteiger partial charge in [0.2, 0.25) is 5.95 Å². The molecule has 0 radical (unpaired) electrons. The van der Waals surface area contributed by atoms with E-state index >= 15 is 0 Å². The standard InChI is InChI=1S/C28H24ClN5O2S/c1-18-15-24(37(2)36)12-13-25(18)31-28-32-26-14-9-22(17-34(26)33-28)20-5-7-21(8-6-20)27(35)30-16-19-3-10-23(29)11-4-19/h3-15,17H,16H2,1-2H3,(H,30,35)(H,31,33)/t37-/m0/s1. The Kier molecular flexibility index (Phi) is 7.03. The summed E-state index contributed by atoms with van der Waals surface area (Å²) in [4.78, 5) is 17.9. The molecule has 0 saturated heterocycles. The Balaban J connectivity index is 1.28. The quantitative estimate of drug-likeness (QED) is 0.279. The lowest BCUT2D eigenvalue weighted by Crippen LogP contribution is -2.22. The highest BCUT2D eigenvalue weighted by atomic mass is 35.5. The lowest BCUT2D eigenvalue weighted by Gasteiger charge is -2.07. The maximum atomic E-state index is 12.6. The Bertz CT molecular complexity index is 1610. The topological polar surface area (TPSA) is 88.4 Å². The SMILES string of the molecule is Cc1cc([S@](C)=O)ccc1Nc1nc2ccc(-c3ccc(C(=O)NCc4ccc(Cl)cc4)cc3)cn2n1. The predicted molar refractivity (Wildman–Crippen MR) is 148 cm³/mol. The van der Waals surface area contributed by atoms with Crippen molar-refractivity contribution in [3.8, 4) is 11.1 Å². The Labute approximate surface area is 222 Å². The number of hydrogen-bond acceptors (Lipinski definition) is 5. The number of benzene rings is 3. The minimum Gasteiger partial charge on any atom is -0.348 e. The minimum atomic E-state index is -1.03. The van der Waals surface area contributed by atoms with E-state index in [4.69, 9.17) is 11.6 Å². The van der Waals surface area contributed by atoms with Crippen molar-refractivity contribution in [2.75, 3.05) is 11.6 Å². The van der Waals surface area contributed by atoms with Crippen LogP contribution in [0.2, 0.25) is 5.02 Å². The van der Waals surface area contributed by atoms with E-state index in [1.54, 1.807) is 35.0 Å². The Morgan fingerprint density at radius 3 is 2.41 bits per heavy atom. The number of halogens is 1. The number of hydrogen-bond donors (Lipinski definition) is 2. The van der Waals surface area contributed by atoms with E-state index < -0.39 is 10.8 Å². The van der Waals surface area contributed by atoms with E-state index in [1.165, 1.54) is 0 Å². The van der Waals surface area contributed by atoms with Gasteiger partial charge in [-0.25, -0.2) is 4.52 Å². The number of aromatic nitrogens is 3. The second kappa shape index (κ2) is 10.5. The van der Waals surface area contributed by atoms with Crippen molar-refractivity contribution in [2.24, 2.45) is 0 Å². The van der Waals surface area contributed by atoms with Crippen molar-refractivity contribution in [2.45, 2.75) is 18.4 Å². The molecule has 37 heavy (non-hydrogen) atoms. The molecular weight excluding hydrogens is 506 g/mol. The van der Waals surface area contributed by atoms with Crippen molar-refractivity contribution in [1.29, 1.82) is 0 Å². The summed E-state index contributed by atoms with van der Waals surface area (Å²) in [5.74, 6) is 0.329. The van der Waals surface area contributed by atoms with E-state index in [0.717, 1.165) is 32.8 Å². The number of fused-ring (bicyclic) bond motifs is 1. The molecule has 2 N–H and O–H groups in total. The minimum absolute atomic E-state index is 0.141. The molecule has 0 bridgehead atoms. The third kappa shape index (κ3) is 5.71. The predicted octanol–water partition coefficient (Wildman–Crippen LogP) is 5.77. The fourth-order valence-electron chi connectivity index (χ4n) is 3.88. The number of rotatable bonds is 7. The maximum Gasteiger partial charge on any atom is 0.251 e. The summed E-state index contributed by atoms with van der Waals surface area (Å²) < 4.78 is 13.4. The number of aryl methyl sites for hydroxylation is 1. The molecule has 0 aliphatic carbocycles. The van der Waals surface area contributed by atoms with Gasteiger partial charge in [-0.1, -0.05) is 35.9 Å².